The molecule has 0 amide bonds. The van der Waals surface area contributed by atoms with Crippen LogP contribution >= 0.6 is 11.8 Å². The monoisotopic (exact) mass is 339 g/mol. The average molecular weight is 339 g/mol. The second-order valence-electron chi connectivity index (χ2n) is 5.70. The van der Waals surface area contributed by atoms with Crippen LogP contribution in [0.2, 0.25) is 0 Å². The summed E-state index contributed by atoms with van der Waals surface area (Å²) in [5.41, 5.74) is 2.73. The molecule has 1 aliphatic heterocycles. The highest BCUT2D eigenvalue weighted by molar-refractivity contribution is 7.99. The van der Waals surface area contributed by atoms with Crippen molar-refractivity contribution in [3.05, 3.63) is 60.0 Å². The molecule has 3 aromatic rings. The van der Waals surface area contributed by atoms with Crippen LogP contribution in [0.4, 0.5) is 0 Å². The van der Waals surface area contributed by atoms with Crippen LogP contribution in [0, 0.1) is 0 Å². The zero-order chi connectivity index (χ0) is 16.5. The SMILES string of the molecule is COc1ccc2c(C(=O)[C@@H]3CS[C@@H](c4cccnc4)N3)c[nH]c2c1. The first-order valence-corrected chi connectivity index (χ1v) is 8.78. The molecule has 1 aliphatic rings. The number of nitrogens with one attached hydrogen (secondary N) is 2. The quantitative estimate of drug-likeness (QED) is 0.715. The van der Waals surface area contributed by atoms with Gasteiger partial charge in [0.15, 0.2) is 5.78 Å². The van der Waals surface area contributed by atoms with Crippen molar-refractivity contribution in [1.82, 2.24) is 15.3 Å². The first-order valence-electron chi connectivity index (χ1n) is 7.73. The molecule has 122 valence electrons. The molecule has 2 atom stereocenters. The number of Topliss-reactive ketones (excluding diaryl/α,β-unsaturated/α-hetero) is 1. The Kier molecular flexibility index (Phi) is 4.00. The van der Waals surface area contributed by atoms with E-state index < -0.39 is 0 Å². The Morgan fingerprint density at radius 3 is 3.08 bits per heavy atom. The number of aromatic amines is 1. The number of pyridine rings is 1. The molecule has 2 N–H and O–H groups in total. The molecule has 0 saturated carbocycles. The summed E-state index contributed by atoms with van der Waals surface area (Å²) in [6, 6.07) is 9.46. The zero-order valence-corrected chi connectivity index (χ0v) is 14.0. The fourth-order valence-electron chi connectivity index (χ4n) is 2.97. The number of methoxy groups -OCH3 is 1. The molecule has 1 aromatic carbocycles. The Hall–Kier alpha value is -2.31. The fraction of sp³-hybridized carbons (Fsp3) is 0.222. The van der Waals surface area contributed by atoms with E-state index in [9.17, 15) is 4.79 Å². The van der Waals surface area contributed by atoms with Crippen LogP contribution in [-0.4, -0.2) is 34.7 Å². The number of carbonyl (C=O) groups excluding carboxylic acids is 1. The van der Waals surface area contributed by atoms with Gasteiger partial charge < -0.3 is 9.72 Å². The molecule has 0 bridgehead atoms. The number of hydrogen-bond acceptors (Lipinski definition) is 5. The van der Waals surface area contributed by atoms with Gasteiger partial charge in [0.25, 0.3) is 0 Å². The molecule has 0 radical (unpaired) electrons. The maximum Gasteiger partial charge on any atom is 0.182 e. The molecule has 1 fully saturated rings. The van der Waals surface area contributed by atoms with E-state index in [0.717, 1.165) is 33.5 Å². The second-order valence-corrected chi connectivity index (χ2v) is 6.84. The van der Waals surface area contributed by atoms with Gasteiger partial charge >= 0.3 is 0 Å². The average Bonchev–Trinajstić information content (AvgIpc) is 3.28. The van der Waals surface area contributed by atoms with Crippen molar-refractivity contribution in [2.75, 3.05) is 12.9 Å². The zero-order valence-electron chi connectivity index (χ0n) is 13.2. The Balaban J connectivity index is 1.56. The van der Waals surface area contributed by atoms with Gasteiger partial charge in [0, 0.05) is 46.9 Å². The molecule has 0 spiro atoms. The van der Waals surface area contributed by atoms with Crippen molar-refractivity contribution < 1.29 is 9.53 Å². The van der Waals surface area contributed by atoms with Crippen LogP contribution in [0.3, 0.4) is 0 Å². The van der Waals surface area contributed by atoms with Gasteiger partial charge in [-0.25, -0.2) is 0 Å². The first kappa shape index (κ1) is 15.2. The number of benzene rings is 1. The lowest BCUT2D eigenvalue weighted by Crippen LogP contribution is -2.34. The van der Waals surface area contributed by atoms with Crippen LogP contribution in [0.5, 0.6) is 5.75 Å². The van der Waals surface area contributed by atoms with Gasteiger partial charge in [0.2, 0.25) is 0 Å². The third-order valence-corrected chi connectivity index (χ3v) is 5.51. The third kappa shape index (κ3) is 2.68. The lowest BCUT2D eigenvalue weighted by molar-refractivity contribution is 0.0957. The van der Waals surface area contributed by atoms with Crippen molar-refractivity contribution in [1.29, 1.82) is 0 Å². The number of aromatic nitrogens is 2. The summed E-state index contributed by atoms with van der Waals surface area (Å²) in [6.45, 7) is 0. The normalized spacial score (nSPS) is 20.4. The van der Waals surface area contributed by atoms with Gasteiger partial charge in [-0.2, -0.15) is 0 Å². The maximum absolute atomic E-state index is 12.9. The minimum absolute atomic E-state index is 0.109. The minimum atomic E-state index is -0.193. The molecule has 2 aromatic heterocycles. The van der Waals surface area contributed by atoms with Crippen molar-refractivity contribution >= 4 is 28.4 Å². The number of H-pyrrole nitrogens is 1. The molecule has 0 unspecified atom stereocenters. The van der Waals surface area contributed by atoms with E-state index in [0.29, 0.717) is 0 Å². The third-order valence-electron chi connectivity index (χ3n) is 4.24. The van der Waals surface area contributed by atoms with E-state index in [1.54, 1.807) is 31.3 Å². The molecule has 0 aliphatic carbocycles. The van der Waals surface area contributed by atoms with E-state index in [2.05, 4.69) is 15.3 Å². The van der Waals surface area contributed by atoms with Gasteiger partial charge in [-0.3, -0.25) is 15.1 Å². The Labute approximate surface area is 143 Å². The van der Waals surface area contributed by atoms with Crippen LogP contribution in [0.1, 0.15) is 21.3 Å². The van der Waals surface area contributed by atoms with Crippen LogP contribution < -0.4 is 10.1 Å². The summed E-state index contributed by atoms with van der Waals surface area (Å²) >= 11 is 1.74. The highest BCUT2D eigenvalue weighted by Crippen LogP contribution is 2.34. The van der Waals surface area contributed by atoms with E-state index in [1.807, 2.05) is 36.5 Å². The van der Waals surface area contributed by atoms with Crippen molar-refractivity contribution in [2.45, 2.75) is 11.4 Å². The standard InChI is InChI=1S/C18H17N3O2S/c1-23-12-4-5-13-14(9-20-15(13)7-12)17(22)16-10-24-18(21-16)11-3-2-6-19-8-11/h2-9,16,18,20-21H,10H2,1H3/t16-,18-/m0/s1. The van der Waals surface area contributed by atoms with Crippen molar-refractivity contribution in [2.24, 2.45) is 0 Å². The topological polar surface area (TPSA) is 67.0 Å². The summed E-state index contributed by atoms with van der Waals surface area (Å²) in [5.74, 6) is 1.64. The molecular formula is C18H17N3O2S. The van der Waals surface area contributed by atoms with Gasteiger partial charge in [-0.15, -0.1) is 11.8 Å². The molecule has 24 heavy (non-hydrogen) atoms. The highest BCUT2D eigenvalue weighted by Gasteiger charge is 2.32. The summed E-state index contributed by atoms with van der Waals surface area (Å²) < 4.78 is 5.23. The van der Waals surface area contributed by atoms with E-state index in [1.165, 1.54) is 0 Å². The molecule has 3 heterocycles. The summed E-state index contributed by atoms with van der Waals surface area (Å²) in [5, 5.41) is 4.45. The lowest BCUT2D eigenvalue weighted by Gasteiger charge is -2.12. The predicted octanol–water partition coefficient (Wildman–Crippen LogP) is 3.16. The maximum atomic E-state index is 12.9. The number of rotatable bonds is 4. The number of nitrogens with zero attached hydrogens (tertiary/aromatic N) is 1. The summed E-state index contributed by atoms with van der Waals surface area (Å²) in [6.07, 6.45) is 5.39. The van der Waals surface area contributed by atoms with Gasteiger partial charge in [-0.1, -0.05) is 6.07 Å². The minimum Gasteiger partial charge on any atom is -0.497 e. The second kappa shape index (κ2) is 6.30. The number of fused-ring (bicyclic) bond motifs is 1. The van der Waals surface area contributed by atoms with Crippen molar-refractivity contribution in [3.8, 4) is 5.75 Å². The Morgan fingerprint density at radius 1 is 1.38 bits per heavy atom. The van der Waals surface area contributed by atoms with E-state index in [4.69, 9.17) is 4.74 Å². The summed E-state index contributed by atoms with van der Waals surface area (Å²) in [7, 11) is 1.63. The number of ketones is 1. The smallest absolute Gasteiger partial charge is 0.182 e. The fourth-order valence-corrected chi connectivity index (χ4v) is 4.20. The molecule has 1 saturated heterocycles. The number of thioether (sulfide) groups is 1. The molecular weight excluding hydrogens is 322 g/mol. The molecule has 6 heteroatoms. The number of carbonyl (C=O) groups is 1. The summed E-state index contributed by atoms with van der Waals surface area (Å²) in [4.78, 5) is 20.2. The van der Waals surface area contributed by atoms with Gasteiger partial charge in [0.05, 0.1) is 18.5 Å². The molecule has 4 rings (SSSR count). The predicted molar refractivity (Wildman–Crippen MR) is 95.5 cm³/mol. The number of ether oxygens (including phenoxy) is 1. The van der Waals surface area contributed by atoms with Gasteiger partial charge in [0.1, 0.15) is 5.75 Å². The van der Waals surface area contributed by atoms with E-state index >= 15 is 0 Å². The highest BCUT2D eigenvalue weighted by atomic mass is 32.2. The Bertz CT molecular complexity index is 878. The Morgan fingerprint density at radius 2 is 2.29 bits per heavy atom. The molecule has 5 nitrogen and oxygen atoms in total. The number of hydrogen-bond donors (Lipinski definition) is 2. The van der Waals surface area contributed by atoms with Gasteiger partial charge in [-0.05, 0) is 23.8 Å². The lowest BCUT2D eigenvalue weighted by atomic mass is 10.0. The van der Waals surface area contributed by atoms with E-state index in [-0.39, 0.29) is 17.2 Å². The largest absolute Gasteiger partial charge is 0.497 e. The van der Waals surface area contributed by atoms with Crippen LogP contribution in [0.25, 0.3) is 10.9 Å². The van der Waals surface area contributed by atoms with Crippen LogP contribution in [0.15, 0.2) is 48.9 Å². The van der Waals surface area contributed by atoms with Crippen molar-refractivity contribution in [3.63, 3.8) is 0 Å². The van der Waals surface area contributed by atoms with Crippen LogP contribution in [-0.2, 0) is 0 Å². The first-order chi connectivity index (χ1) is 11.8.